The Morgan fingerprint density at radius 3 is 2.08 bits per heavy atom. The molecule has 0 aliphatic carbocycles. The standard InChI is InChI=1S/C25H28ClN3O7/c1-16(2)14-36-25(34)18-8-12-20(13-9-18)27-21(30)4-3-5-23(32)35-15-22(31)28-29-24(33)17-6-10-19(26)11-7-17/h6-13,16H,3-5,14-15H2,1-2H3,(H,27,30)(H,28,31)(H,29,33). The molecule has 0 atom stereocenters. The van der Waals surface area contributed by atoms with Gasteiger partial charge in [0.1, 0.15) is 0 Å². The van der Waals surface area contributed by atoms with Gasteiger partial charge in [0.15, 0.2) is 6.61 Å². The quantitative estimate of drug-likeness (QED) is 0.307. The van der Waals surface area contributed by atoms with E-state index < -0.39 is 30.4 Å². The van der Waals surface area contributed by atoms with Crippen LogP contribution in [0.15, 0.2) is 48.5 Å². The second-order valence-electron chi connectivity index (χ2n) is 8.14. The molecule has 11 heteroatoms. The molecule has 0 bridgehead atoms. The molecule has 3 N–H and O–H groups in total. The molecule has 0 fully saturated rings. The number of nitrogens with one attached hydrogen (secondary N) is 3. The lowest BCUT2D eigenvalue weighted by atomic mass is 10.2. The number of ether oxygens (including phenoxy) is 2. The van der Waals surface area contributed by atoms with Gasteiger partial charge in [-0.2, -0.15) is 0 Å². The van der Waals surface area contributed by atoms with E-state index >= 15 is 0 Å². The zero-order chi connectivity index (χ0) is 26.5. The molecule has 10 nitrogen and oxygen atoms in total. The SMILES string of the molecule is CC(C)COC(=O)c1ccc(NC(=O)CCCC(=O)OCC(=O)NNC(=O)c2ccc(Cl)cc2)cc1. The molecule has 0 aromatic heterocycles. The first-order valence-electron chi connectivity index (χ1n) is 11.2. The van der Waals surface area contributed by atoms with Gasteiger partial charge < -0.3 is 14.8 Å². The molecule has 0 saturated heterocycles. The van der Waals surface area contributed by atoms with E-state index in [2.05, 4.69) is 16.2 Å². The number of rotatable bonds is 11. The normalized spacial score (nSPS) is 10.3. The largest absolute Gasteiger partial charge is 0.462 e. The molecule has 0 unspecified atom stereocenters. The average Bonchev–Trinajstić information content (AvgIpc) is 2.85. The summed E-state index contributed by atoms with van der Waals surface area (Å²) in [5, 5.41) is 3.14. The lowest BCUT2D eigenvalue weighted by Crippen LogP contribution is -2.43. The van der Waals surface area contributed by atoms with Gasteiger partial charge in [0.25, 0.3) is 11.8 Å². The van der Waals surface area contributed by atoms with Crippen LogP contribution in [0.5, 0.6) is 0 Å². The van der Waals surface area contributed by atoms with Crippen molar-refractivity contribution in [3.63, 3.8) is 0 Å². The highest BCUT2D eigenvalue weighted by Crippen LogP contribution is 2.12. The van der Waals surface area contributed by atoms with Crippen molar-refractivity contribution in [1.29, 1.82) is 0 Å². The highest BCUT2D eigenvalue weighted by Gasteiger charge is 2.12. The fraction of sp³-hybridized carbons (Fsp3) is 0.320. The predicted molar refractivity (Wildman–Crippen MR) is 132 cm³/mol. The first-order chi connectivity index (χ1) is 17.1. The smallest absolute Gasteiger partial charge is 0.338 e. The summed E-state index contributed by atoms with van der Waals surface area (Å²) in [7, 11) is 0. The molecule has 2 aromatic rings. The number of halogens is 1. The maximum atomic E-state index is 12.1. The highest BCUT2D eigenvalue weighted by atomic mass is 35.5. The molecule has 0 aliphatic rings. The minimum Gasteiger partial charge on any atom is -0.462 e. The van der Waals surface area contributed by atoms with Crippen LogP contribution in [0.2, 0.25) is 5.02 Å². The van der Waals surface area contributed by atoms with Gasteiger partial charge in [0.05, 0.1) is 12.2 Å². The maximum Gasteiger partial charge on any atom is 0.338 e. The van der Waals surface area contributed by atoms with Crippen LogP contribution in [-0.2, 0) is 23.9 Å². The van der Waals surface area contributed by atoms with Crippen LogP contribution < -0.4 is 16.2 Å². The summed E-state index contributed by atoms with van der Waals surface area (Å²) in [4.78, 5) is 59.4. The third-order valence-electron chi connectivity index (χ3n) is 4.52. The molecule has 0 heterocycles. The average molecular weight is 518 g/mol. The van der Waals surface area contributed by atoms with Crippen LogP contribution in [0.3, 0.4) is 0 Å². The fourth-order valence-electron chi connectivity index (χ4n) is 2.69. The second kappa shape index (κ2) is 14.5. The third kappa shape index (κ3) is 10.6. The van der Waals surface area contributed by atoms with Crippen LogP contribution in [0.4, 0.5) is 5.69 Å². The van der Waals surface area contributed by atoms with E-state index in [1.54, 1.807) is 24.3 Å². The van der Waals surface area contributed by atoms with Gasteiger partial charge in [-0.25, -0.2) is 4.79 Å². The van der Waals surface area contributed by atoms with Gasteiger partial charge in [0, 0.05) is 29.1 Å². The lowest BCUT2D eigenvalue weighted by Gasteiger charge is -2.09. The Morgan fingerprint density at radius 1 is 0.806 bits per heavy atom. The van der Waals surface area contributed by atoms with Gasteiger partial charge >= 0.3 is 11.9 Å². The van der Waals surface area contributed by atoms with Crippen LogP contribution in [-0.4, -0.2) is 42.9 Å². The first-order valence-corrected chi connectivity index (χ1v) is 11.6. The monoisotopic (exact) mass is 517 g/mol. The molecular weight excluding hydrogens is 490 g/mol. The molecule has 0 aliphatic heterocycles. The molecular formula is C25H28ClN3O7. The summed E-state index contributed by atoms with van der Waals surface area (Å²) >= 11 is 5.75. The van der Waals surface area contributed by atoms with Gasteiger partial charge in [-0.1, -0.05) is 25.4 Å². The number of hydrogen-bond acceptors (Lipinski definition) is 7. The number of anilines is 1. The summed E-state index contributed by atoms with van der Waals surface area (Å²) in [5.74, 6) is -2.46. The van der Waals surface area contributed by atoms with Gasteiger partial charge in [0.2, 0.25) is 5.91 Å². The fourth-order valence-corrected chi connectivity index (χ4v) is 2.81. The van der Waals surface area contributed by atoms with E-state index in [4.69, 9.17) is 21.1 Å². The summed E-state index contributed by atoms with van der Waals surface area (Å²) in [5.41, 5.74) is 5.49. The number of esters is 2. The number of carbonyl (C=O) groups is 5. The van der Waals surface area contributed by atoms with Crippen molar-refractivity contribution in [3.05, 3.63) is 64.7 Å². The maximum absolute atomic E-state index is 12.1. The Balaban J connectivity index is 1.61. The van der Waals surface area contributed by atoms with E-state index in [0.717, 1.165) is 0 Å². The van der Waals surface area contributed by atoms with Crippen molar-refractivity contribution in [2.24, 2.45) is 5.92 Å². The van der Waals surface area contributed by atoms with Crippen molar-refractivity contribution in [1.82, 2.24) is 10.9 Å². The minimum atomic E-state index is -0.722. The third-order valence-corrected chi connectivity index (χ3v) is 4.77. The zero-order valence-corrected chi connectivity index (χ0v) is 20.7. The van der Waals surface area contributed by atoms with Gasteiger partial charge in [-0.05, 0) is 60.9 Å². The number of hydrazine groups is 1. The van der Waals surface area contributed by atoms with Crippen molar-refractivity contribution in [3.8, 4) is 0 Å². The molecule has 192 valence electrons. The summed E-state index contributed by atoms with van der Waals surface area (Å²) in [6, 6.07) is 12.3. The van der Waals surface area contributed by atoms with E-state index in [1.165, 1.54) is 24.3 Å². The topological polar surface area (TPSA) is 140 Å². The summed E-state index contributed by atoms with van der Waals surface area (Å²) in [6.07, 6.45) is 0.189. The Labute approximate surface area is 213 Å². The van der Waals surface area contributed by atoms with Gasteiger partial charge in [-0.15, -0.1) is 0 Å². The Hall–Kier alpha value is -3.92. The number of amides is 3. The van der Waals surface area contributed by atoms with Crippen LogP contribution in [0, 0.1) is 5.92 Å². The zero-order valence-electron chi connectivity index (χ0n) is 20.0. The van der Waals surface area contributed by atoms with E-state index in [1.807, 2.05) is 13.8 Å². The minimum absolute atomic E-state index is 0.0522. The van der Waals surface area contributed by atoms with Crippen molar-refractivity contribution < 1.29 is 33.4 Å². The highest BCUT2D eigenvalue weighted by molar-refractivity contribution is 6.30. The molecule has 0 radical (unpaired) electrons. The second-order valence-corrected chi connectivity index (χ2v) is 8.58. The van der Waals surface area contributed by atoms with E-state index in [-0.39, 0.29) is 36.7 Å². The molecule has 36 heavy (non-hydrogen) atoms. The number of benzene rings is 2. The van der Waals surface area contributed by atoms with Crippen LogP contribution >= 0.6 is 11.6 Å². The first kappa shape index (κ1) is 28.3. The molecule has 2 rings (SSSR count). The molecule has 3 amide bonds. The predicted octanol–water partition coefficient (Wildman–Crippen LogP) is 3.27. The van der Waals surface area contributed by atoms with Crippen molar-refractivity contribution in [2.75, 3.05) is 18.5 Å². The Kier molecular flexibility index (Phi) is 11.4. The van der Waals surface area contributed by atoms with E-state index in [9.17, 15) is 24.0 Å². The summed E-state index contributed by atoms with van der Waals surface area (Å²) in [6.45, 7) is 3.62. The number of carbonyl (C=O) groups excluding carboxylic acids is 5. The molecule has 0 spiro atoms. The van der Waals surface area contributed by atoms with E-state index in [0.29, 0.717) is 22.9 Å². The van der Waals surface area contributed by atoms with Crippen LogP contribution in [0.25, 0.3) is 0 Å². The lowest BCUT2D eigenvalue weighted by molar-refractivity contribution is -0.148. The molecule has 2 aromatic carbocycles. The van der Waals surface area contributed by atoms with Crippen molar-refractivity contribution in [2.45, 2.75) is 33.1 Å². The van der Waals surface area contributed by atoms with Crippen LogP contribution in [0.1, 0.15) is 53.8 Å². The number of hydrogen-bond donors (Lipinski definition) is 3. The Morgan fingerprint density at radius 2 is 1.44 bits per heavy atom. The van der Waals surface area contributed by atoms with Gasteiger partial charge in [-0.3, -0.25) is 30.0 Å². The Bertz CT molecular complexity index is 1070. The summed E-state index contributed by atoms with van der Waals surface area (Å²) < 4.78 is 9.98. The molecule has 0 saturated carbocycles. The van der Waals surface area contributed by atoms with Crippen molar-refractivity contribution >= 4 is 46.9 Å².